The number of carbonyl (C=O) groups is 4. The van der Waals surface area contributed by atoms with Gasteiger partial charge in [0, 0.05) is 0 Å². The largest absolute Gasteiger partial charge is 0.478 e. The van der Waals surface area contributed by atoms with Gasteiger partial charge in [-0.2, -0.15) is 8.42 Å². The maximum atomic E-state index is 12.2. The third-order valence-corrected chi connectivity index (χ3v) is 4.14. The molecule has 2 N–H and O–H groups in total. The summed E-state index contributed by atoms with van der Waals surface area (Å²) in [7, 11) is -4.84. The van der Waals surface area contributed by atoms with Gasteiger partial charge in [0.1, 0.15) is 0 Å². The molecule has 3 amide bonds. The molecule has 0 aliphatic carbocycles. The number of hydrogen-bond acceptors (Lipinski definition) is 6. The Morgan fingerprint density at radius 1 is 1.14 bits per heavy atom. The molecule has 116 valence electrons. The first-order valence-corrected chi connectivity index (χ1v) is 7.34. The molecule has 0 aromatic heterocycles. The maximum Gasteiger partial charge on any atom is 0.336 e. The van der Waals surface area contributed by atoms with E-state index >= 15 is 0 Å². The molecule has 0 spiro atoms. The zero-order valence-corrected chi connectivity index (χ0v) is 11.6. The van der Waals surface area contributed by atoms with E-state index in [1.54, 1.807) is 0 Å². The lowest BCUT2D eigenvalue weighted by atomic mass is 10.1. The molecular formula is C12H9NO8S. The first-order valence-electron chi connectivity index (χ1n) is 5.84. The van der Waals surface area contributed by atoms with Gasteiger partial charge in [-0.1, -0.05) is 12.1 Å². The van der Waals surface area contributed by atoms with Crippen LogP contribution in [0.15, 0.2) is 24.3 Å². The van der Waals surface area contributed by atoms with Crippen LogP contribution in [0.25, 0.3) is 0 Å². The molecule has 1 aliphatic heterocycles. The van der Waals surface area contributed by atoms with Crippen molar-refractivity contribution in [1.29, 1.82) is 0 Å². The minimum atomic E-state index is -4.84. The van der Waals surface area contributed by atoms with E-state index in [4.69, 9.17) is 9.66 Å². The summed E-state index contributed by atoms with van der Waals surface area (Å²) in [6.45, 7) is 0. The number of carboxylic acids is 1. The number of likely N-dealkylation sites (tertiary alicyclic amines) is 1. The van der Waals surface area contributed by atoms with Crippen LogP contribution in [0.5, 0.6) is 0 Å². The standard InChI is InChI=1S/C12H9NO8S/c14-9-5-8(22(19,20)21)11(16)13(9)10(15)6-3-1-2-4-7(6)12(17)18/h1-4,8H,5H2,(H,17,18)(H,19,20,21). The molecule has 2 rings (SSSR count). The Labute approximate surface area is 123 Å². The zero-order chi connectivity index (χ0) is 16.7. The van der Waals surface area contributed by atoms with Crippen LogP contribution >= 0.6 is 0 Å². The van der Waals surface area contributed by atoms with Crippen molar-refractivity contribution in [3.63, 3.8) is 0 Å². The number of carboxylic acid groups (broad SMARTS) is 1. The van der Waals surface area contributed by atoms with Crippen molar-refractivity contribution in [3.05, 3.63) is 35.4 Å². The maximum absolute atomic E-state index is 12.2. The van der Waals surface area contributed by atoms with Crippen molar-refractivity contribution in [1.82, 2.24) is 4.90 Å². The molecule has 1 fully saturated rings. The second kappa shape index (κ2) is 5.31. The summed E-state index contributed by atoms with van der Waals surface area (Å²) in [4.78, 5) is 46.9. The molecule has 0 saturated carbocycles. The summed E-state index contributed by atoms with van der Waals surface area (Å²) in [6, 6.07) is 4.85. The highest BCUT2D eigenvalue weighted by Gasteiger charge is 2.49. The van der Waals surface area contributed by atoms with Gasteiger partial charge in [-0.15, -0.1) is 0 Å². The van der Waals surface area contributed by atoms with Crippen LogP contribution in [0.2, 0.25) is 0 Å². The highest BCUT2D eigenvalue weighted by atomic mass is 32.2. The minimum absolute atomic E-state index is 0.0419. The molecule has 1 saturated heterocycles. The van der Waals surface area contributed by atoms with E-state index in [-0.39, 0.29) is 4.90 Å². The van der Waals surface area contributed by atoms with E-state index in [2.05, 4.69) is 0 Å². The molecule has 0 radical (unpaired) electrons. The fraction of sp³-hybridized carbons (Fsp3) is 0.167. The van der Waals surface area contributed by atoms with Crippen LogP contribution < -0.4 is 0 Å². The van der Waals surface area contributed by atoms with Crippen LogP contribution in [0.4, 0.5) is 0 Å². The summed E-state index contributed by atoms with van der Waals surface area (Å²) in [5, 5.41) is 6.94. The second-order valence-corrected chi connectivity index (χ2v) is 6.03. The Morgan fingerprint density at radius 2 is 1.68 bits per heavy atom. The quantitative estimate of drug-likeness (QED) is 0.560. The van der Waals surface area contributed by atoms with E-state index < -0.39 is 56.6 Å². The first-order chi connectivity index (χ1) is 10.1. The van der Waals surface area contributed by atoms with Crippen LogP contribution in [0, 0.1) is 0 Å². The topological polar surface area (TPSA) is 146 Å². The van der Waals surface area contributed by atoms with Gasteiger partial charge in [0.25, 0.3) is 21.9 Å². The summed E-state index contributed by atoms with van der Waals surface area (Å²) in [5.74, 6) is -5.23. The van der Waals surface area contributed by atoms with Gasteiger partial charge in [-0.05, 0) is 12.1 Å². The van der Waals surface area contributed by atoms with Gasteiger partial charge in [0.2, 0.25) is 5.91 Å². The number of hydrogen-bond donors (Lipinski definition) is 2. The smallest absolute Gasteiger partial charge is 0.336 e. The van der Waals surface area contributed by atoms with Gasteiger partial charge in [-0.25, -0.2) is 9.69 Å². The highest BCUT2D eigenvalue weighted by molar-refractivity contribution is 7.87. The van der Waals surface area contributed by atoms with Gasteiger partial charge >= 0.3 is 5.97 Å². The summed E-state index contributed by atoms with van der Waals surface area (Å²) < 4.78 is 30.9. The summed E-state index contributed by atoms with van der Waals surface area (Å²) in [5.41, 5.74) is -0.879. The van der Waals surface area contributed by atoms with Gasteiger partial charge in [0.05, 0.1) is 17.5 Å². The molecule has 1 unspecified atom stereocenters. The SMILES string of the molecule is O=C(O)c1ccccc1C(=O)N1C(=O)CC(S(=O)(=O)O)C1=O. The zero-order valence-electron chi connectivity index (χ0n) is 10.8. The molecule has 22 heavy (non-hydrogen) atoms. The van der Waals surface area contributed by atoms with E-state index in [1.165, 1.54) is 12.1 Å². The Kier molecular flexibility index (Phi) is 3.81. The molecule has 1 atom stereocenters. The highest BCUT2D eigenvalue weighted by Crippen LogP contribution is 2.22. The van der Waals surface area contributed by atoms with E-state index in [9.17, 15) is 27.6 Å². The second-order valence-electron chi connectivity index (χ2n) is 4.43. The number of nitrogens with zero attached hydrogens (tertiary/aromatic N) is 1. The number of imide groups is 3. The molecular weight excluding hydrogens is 318 g/mol. The van der Waals surface area contributed by atoms with Crippen LogP contribution in [-0.4, -0.2) is 51.9 Å². The molecule has 1 aromatic rings. The minimum Gasteiger partial charge on any atom is -0.478 e. The third kappa shape index (κ3) is 2.61. The molecule has 9 nitrogen and oxygen atoms in total. The first kappa shape index (κ1) is 15.8. The van der Waals surface area contributed by atoms with E-state index in [0.29, 0.717) is 0 Å². The van der Waals surface area contributed by atoms with E-state index in [1.807, 2.05) is 0 Å². The lowest BCUT2D eigenvalue weighted by Gasteiger charge is -2.13. The van der Waals surface area contributed by atoms with Crippen LogP contribution in [0.3, 0.4) is 0 Å². The van der Waals surface area contributed by atoms with Gasteiger partial charge in [0.15, 0.2) is 5.25 Å². The number of aromatic carboxylic acids is 1. The average Bonchev–Trinajstić information content (AvgIpc) is 2.73. The average molecular weight is 327 g/mol. The third-order valence-electron chi connectivity index (χ3n) is 3.06. The molecule has 0 bridgehead atoms. The Morgan fingerprint density at radius 3 is 2.14 bits per heavy atom. The Bertz CT molecular complexity index is 797. The lowest BCUT2D eigenvalue weighted by Crippen LogP contribution is -2.40. The number of benzene rings is 1. The van der Waals surface area contributed by atoms with Crippen molar-refractivity contribution in [2.75, 3.05) is 0 Å². The molecule has 1 heterocycles. The number of amides is 3. The van der Waals surface area contributed by atoms with Crippen LogP contribution in [-0.2, 0) is 19.7 Å². The molecule has 1 aliphatic rings. The van der Waals surface area contributed by atoms with Gasteiger partial charge < -0.3 is 5.11 Å². The fourth-order valence-corrected chi connectivity index (χ4v) is 2.74. The van der Waals surface area contributed by atoms with Crippen molar-refractivity contribution in [3.8, 4) is 0 Å². The predicted octanol–water partition coefficient (Wildman–Crippen LogP) is -0.460. The van der Waals surface area contributed by atoms with Crippen molar-refractivity contribution >= 4 is 33.8 Å². The number of rotatable bonds is 3. The normalized spacial score (nSPS) is 18.6. The fourth-order valence-electron chi connectivity index (χ4n) is 2.03. The number of carbonyl (C=O) groups excluding carboxylic acids is 3. The summed E-state index contributed by atoms with van der Waals surface area (Å²) >= 11 is 0. The predicted molar refractivity (Wildman–Crippen MR) is 69.5 cm³/mol. The molecule has 10 heteroatoms. The summed E-state index contributed by atoms with van der Waals surface area (Å²) in [6.07, 6.45) is -0.876. The lowest BCUT2D eigenvalue weighted by molar-refractivity contribution is -0.134. The Hall–Kier alpha value is -2.59. The monoisotopic (exact) mass is 327 g/mol. The van der Waals surface area contributed by atoms with Crippen LogP contribution in [0.1, 0.15) is 27.1 Å². The van der Waals surface area contributed by atoms with Crippen molar-refractivity contribution < 1.29 is 37.3 Å². The Balaban J connectivity index is 2.45. The van der Waals surface area contributed by atoms with Gasteiger partial charge in [-0.3, -0.25) is 18.9 Å². The van der Waals surface area contributed by atoms with Crippen molar-refractivity contribution in [2.45, 2.75) is 11.7 Å². The van der Waals surface area contributed by atoms with E-state index in [0.717, 1.165) is 12.1 Å². The molecule has 1 aromatic carbocycles. The van der Waals surface area contributed by atoms with Crippen molar-refractivity contribution in [2.24, 2.45) is 0 Å².